The minimum Gasteiger partial charge on any atom is -0.497 e. The molecule has 0 spiro atoms. The lowest BCUT2D eigenvalue weighted by Gasteiger charge is -2.18. The smallest absolute Gasteiger partial charge is 0.123 e. The van der Waals surface area contributed by atoms with Gasteiger partial charge in [-0.1, -0.05) is 0 Å². The van der Waals surface area contributed by atoms with Crippen LogP contribution in [0.5, 0.6) is 17.2 Å². The molecule has 0 saturated carbocycles. The number of aromatic nitrogens is 4. The van der Waals surface area contributed by atoms with Gasteiger partial charge in [0.1, 0.15) is 29.0 Å². The number of nitrogens with one attached hydrogen (secondary N) is 1. The van der Waals surface area contributed by atoms with Crippen LogP contribution in [0.3, 0.4) is 0 Å². The highest BCUT2D eigenvalue weighted by Gasteiger charge is 2.17. The summed E-state index contributed by atoms with van der Waals surface area (Å²) in [6.07, 6.45) is 1.60. The van der Waals surface area contributed by atoms with Gasteiger partial charge in [0.05, 0.1) is 31.1 Å². The van der Waals surface area contributed by atoms with E-state index in [1.807, 2.05) is 64.1 Å². The van der Waals surface area contributed by atoms with E-state index < -0.39 is 0 Å². The molecule has 4 rings (SSSR count). The number of fused-ring (bicyclic) bond motifs is 1. The lowest BCUT2D eigenvalue weighted by Crippen LogP contribution is -2.09. The molecule has 0 unspecified atom stereocenters. The zero-order valence-electron chi connectivity index (χ0n) is 18.4. The molecule has 31 heavy (non-hydrogen) atoms. The highest BCUT2D eigenvalue weighted by Crippen LogP contribution is 2.35. The molecule has 0 aliphatic carbocycles. The fraction of sp³-hybridized carbons (Fsp3) is 0.292. The maximum atomic E-state index is 6.28. The monoisotopic (exact) mass is 418 g/mol. The van der Waals surface area contributed by atoms with Gasteiger partial charge < -0.3 is 14.2 Å². The SMILES string of the molecule is CCOc1cc(OC)cc(-c2n[nH]c3ccc(O[C@@H](C)c4c(C)cnnc4C)cc23)c1. The summed E-state index contributed by atoms with van der Waals surface area (Å²) < 4.78 is 17.4. The molecule has 7 heteroatoms. The summed E-state index contributed by atoms with van der Waals surface area (Å²) >= 11 is 0. The number of aromatic amines is 1. The predicted molar refractivity (Wildman–Crippen MR) is 120 cm³/mol. The van der Waals surface area contributed by atoms with Crippen LogP contribution in [0.15, 0.2) is 42.6 Å². The summed E-state index contributed by atoms with van der Waals surface area (Å²) in [5.74, 6) is 2.21. The fourth-order valence-corrected chi connectivity index (χ4v) is 3.85. The largest absolute Gasteiger partial charge is 0.497 e. The number of hydrogen-bond acceptors (Lipinski definition) is 6. The van der Waals surface area contributed by atoms with E-state index in [0.29, 0.717) is 12.4 Å². The molecule has 0 radical (unpaired) electrons. The van der Waals surface area contributed by atoms with Crippen molar-refractivity contribution in [3.8, 4) is 28.5 Å². The molecule has 0 bridgehead atoms. The molecule has 0 saturated heterocycles. The van der Waals surface area contributed by atoms with Gasteiger partial charge in [-0.3, -0.25) is 5.10 Å². The van der Waals surface area contributed by atoms with Gasteiger partial charge in [0.15, 0.2) is 0 Å². The van der Waals surface area contributed by atoms with Crippen molar-refractivity contribution in [3.05, 3.63) is 59.4 Å². The lowest BCUT2D eigenvalue weighted by atomic mass is 10.0. The molecule has 2 heterocycles. The summed E-state index contributed by atoms with van der Waals surface area (Å²) in [7, 11) is 1.64. The molecule has 1 N–H and O–H groups in total. The zero-order valence-corrected chi connectivity index (χ0v) is 18.4. The molecule has 2 aromatic heterocycles. The van der Waals surface area contributed by atoms with Gasteiger partial charge in [0.25, 0.3) is 0 Å². The number of methoxy groups -OCH3 is 1. The van der Waals surface area contributed by atoms with Gasteiger partial charge in [-0.15, -0.1) is 0 Å². The first-order valence-corrected chi connectivity index (χ1v) is 10.3. The van der Waals surface area contributed by atoms with Crippen molar-refractivity contribution in [2.75, 3.05) is 13.7 Å². The van der Waals surface area contributed by atoms with Crippen LogP contribution in [0, 0.1) is 13.8 Å². The van der Waals surface area contributed by atoms with Gasteiger partial charge in [-0.05, 0) is 63.6 Å². The van der Waals surface area contributed by atoms with Gasteiger partial charge >= 0.3 is 0 Å². The summed E-state index contributed by atoms with van der Waals surface area (Å²) in [5, 5.41) is 16.8. The van der Waals surface area contributed by atoms with Crippen LogP contribution in [0.2, 0.25) is 0 Å². The maximum absolute atomic E-state index is 6.28. The van der Waals surface area contributed by atoms with Crippen molar-refractivity contribution in [2.24, 2.45) is 0 Å². The Hall–Kier alpha value is -3.61. The third-order valence-corrected chi connectivity index (χ3v) is 5.23. The molecule has 0 aliphatic rings. The molecular formula is C24H26N4O3. The van der Waals surface area contributed by atoms with Gasteiger partial charge in [0, 0.05) is 22.6 Å². The second-order valence-electron chi connectivity index (χ2n) is 7.40. The Morgan fingerprint density at radius 1 is 1.03 bits per heavy atom. The molecule has 0 fully saturated rings. The quantitative estimate of drug-likeness (QED) is 0.445. The number of benzene rings is 2. The van der Waals surface area contributed by atoms with Crippen molar-refractivity contribution in [1.82, 2.24) is 20.4 Å². The molecule has 0 aliphatic heterocycles. The minimum atomic E-state index is -0.162. The lowest BCUT2D eigenvalue weighted by molar-refractivity contribution is 0.225. The number of hydrogen-bond donors (Lipinski definition) is 1. The van der Waals surface area contributed by atoms with E-state index in [1.165, 1.54) is 0 Å². The first-order valence-electron chi connectivity index (χ1n) is 10.3. The Bertz CT molecular complexity index is 1200. The standard InChI is InChI=1S/C24H26N4O3/c1-6-30-20-10-17(9-19(11-20)29-5)24-21-12-18(7-8-22(21)27-28-24)31-16(4)23-14(2)13-25-26-15(23)3/h7-13,16H,6H2,1-5H3,(H,27,28)/t16-/m0/s1. The van der Waals surface area contributed by atoms with Crippen LogP contribution >= 0.6 is 0 Å². The first-order chi connectivity index (χ1) is 15.0. The van der Waals surface area contributed by atoms with Crippen LogP contribution in [0.25, 0.3) is 22.2 Å². The van der Waals surface area contributed by atoms with Gasteiger partial charge in [-0.2, -0.15) is 15.3 Å². The Morgan fingerprint density at radius 3 is 2.58 bits per heavy atom. The van der Waals surface area contributed by atoms with E-state index in [2.05, 4.69) is 20.4 Å². The normalized spacial score (nSPS) is 12.0. The molecule has 160 valence electrons. The number of aryl methyl sites for hydroxylation is 2. The highest BCUT2D eigenvalue weighted by atomic mass is 16.5. The van der Waals surface area contributed by atoms with E-state index >= 15 is 0 Å². The second kappa shape index (κ2) is 8.63. The Labute approximate surface area is 181 Å². The zero-order chi connectivity index (χ0) is 22.0. The van der Waals surface area contributed by atoms with Crippen molar-refractivity contribution < 1.29 is 14.2 Å². The fourth-order valence-electron chi connectivity index (χ4n) is 3.85. The van der Waals surface area contributed by atoms with Crippen molar-refractivity contribution in [2.45, 2.75) is 33.8 Å². The van der Waals surface area contributed by atoms with Crippen molar-refractivity contribution >= 4 is 10.9 Å². The Balaban J connectivity index is 1.71. The van der Waals surface area contributed by atoms with Gasteiger partial charge in [0.2, 0.25) is 0 Å². The van der Waals surface area contributed by atoms with Crippen molar-refractivity contribution in [1.29, 1.82) is 0 Å². The number of rotatable bonds is 7. The average Bonchev–Trinajstić information content (AvgIpc) is 3.17. The molecule has 2 aromatic carbocycles. The van der Waals surface area contributed by atoms with E-state index in [4.69, 9.17) is 14.2 Å². The number of nitrogens with zero attached hydrogens (tertiary/aromatic N) is 3. The van der Waals surface area contributed by atoms with Crippen LogP contribution in [0.4, 0.5) is 0 Å². The van der Waals surface area contributed by atoms with E-state index in [1.54, 1.807) is 13.3 Å². The summed E-state index contributed by atoms with van der Waals surface area (Å²) in [6, 6.07) is 11.7. The second-order valence-corrected chi connectivity index (χ2v) is 7.40. The topological polar surface area (TPSA) is 82.2 Å². The molecule has 1 atom stereocenters. The Morgan fingerprint density at radius 2 is 1.84 bits per heavy atom. The first kappa shape index (κ1) is 20.7. The van der Waals surface area contributed by atoms with E-state index in [0.717, 1.165) is 50.5 Å². The minimum absolute atomic E-state index is 0.162. The van der Waals surface area contributed by atoms with Crippen LogP contribution in [0.1, 0.15) is 36.8 Å². The van der Waals surface area contributed by atoms with Crippen LogP contribution in [-0.4, -0.2) is 34.1 Å². The predicted octanol–water partition coefficient (Wildman–Crippen LogP) is 5.18. The van der Waals surface area contributed by atoms with Crippen LogP contribution < -0.4 is 14.2 Å². The maximum Gasteiger partial charge on any atom is 0.123 e. The summed E-state index contributed by atoms with van der Waals surface area (Å²) in [4.78, 5) is 0. The number of H-pyrrole nitrogens is 1. The van der Waals surface area contributed by atoms with Gasteiger partial charge in [-0.25, -0.2) is 0 Å². The highest BCUT2D eigenvalue weighted by molar-refractivity contribution is 5.94. The van der Waals surface area contributed by atoms with E-state index in [-0.39, 0.29) is 6.10 Å². The van der Waals surface area contributed by atoms with E-state index in [9.17, 15) is 0 Å². The third-order valence-electron chi connectivity index (χ3n) is 5.23. The number of ether oxygens (including phenoxy) is 3. The molecule has 7 nitrogen and oxygen atoms in total. The average molecular weight is 418 g/mol. The van der Waals surface area contributed by atoms with Crippen LogP contribution in [-0.2, 0) is 0 Å². The summed E-state index contributed by atoms with van der Waals surface area (Å²) in [6.45, 7) is 8.52. The summed E-state index contributed by atoms with van der Waals surface area (Å²) in [5.41, 5.74) is 5.63. The molecular weight excluding hydrogens is 392 g/mol. The molecule has 4 aromatic rings. The molecule has 0 amide bonds. The Kier molecular flexibility index (Phi) is 5.75. The third kappa shape index (κ3) is 4.17. The van der Waals surface area contributed by atoms with Crippen molar-refractivity contribution in [3.63, 3.8) is 0 Å².